The van der Waals surface area contributed by atoms with Gasteiger partial charge in [-0.15, -0.1) is 0 Å². The zero-order chi connectivity index (χ0) is 14.3. The predicted molar refractivity (Wildman–Crippen MR) is 74.0 cm³/mol. The van der Waals surface area contributed by atoms with E-state index in [-0.39, 0.29) is 31.1 Å². The summed E-state index contributed by atoms with van der Waals surface area (Å²) < 4.78 is 0. The molecule has 1 unspecified atom stereocenters. The summed E-state index contributed by atoms with van der Waals surface area (Å²) in [5, 5.41) is 11.9. The Morgan fingerprint density at radius 2 is 1.95 bits per heavy atom. The third-order valence-electron chi connectivity index (χ3n) is 3.66. The van der Waals surface area contributed by atoms with Crippen LogP contribution in [0.2, 0.25) is 0 Å². The molecule has 1 amide bonds. The van der Waals surface area contributed by atoms with E-state index in [1.165, 1.54) is 0 Å². The Labute approximate surface area is 115 Å². The minimum absolute atomic E-state index is 0.0414. The number of aliphatic carboxylic acids is 1. The first-order chi connectivity index (χ1) is 9.02. The van der Waals surface area contributed by atoms with Gasteiger partial charge in [0, 0.05) is 12.1 Å². The maximum atomic E-state index is 11.9. The van der Waals surface area contributed by atoms with Gasteiger partial charge in [0.1, 0.15) is 0 Å². The van der Waals surface area contributed by atoms with Crippen LogP contribution in [0.15, 0.2) is 0 Å². The number of rotatable bonds is 8. The first-order valence-corrected chi connectivity index (χ1v) is 7.28. The molecular formula is C14H26N2O3. The predicted octanol–water partition coefficient (Wildman–Crippen LogP) is 1.62. The smallest absolute Gasteiger partial charge is 0.317 e. The number of nitrogens with zero attached hydrogens (tertiary/aromatic N) is 1. The number of carbonyl (C=O) groups is 2. The van der Waals surface area contributed by atoms with Crippen LogP contribution >= 0.6 is 0 Å². The molecule has 1 atom stereocenters. The third-order valence-corrected chi connectivity index (χ3v) is 3.66. The van der Waals surface area contributed by atoms with Crippen LogP contribution in [0, 0.1) is 0 Å². The van der Waals surface area contributed by atoms with Crippen LogP contribution in [0.4, 0.5) is 0 Å². The minimum atomic E-state index is -0.860. The van der Waals surface area contributed by atoms with Crippen LogP contribution in [0.1, 0.15) is 52.4 Å². The summed E-state index contributed by atoms with van der Waals surface area (Å²) in [5.74, 6) is -0.921. The molecule has 2 N–H and O–H groups in total. The third kappa shape index (κ3) is 6.05. The lowest BCUT2D eigenvalue weighted by Crippen LogP contribution is -2.46. The van der Waals surface area contributed by atoms with E-state index in [2.05, 4.69) is 12.2 Å². The SMILES string of the molecule is CCCC(C)NC(=O)CN(CC(=O)O)C1CCCC1. The number of hydrogen-bond acceptors (Lipinski definition) is 3. The van der Waals surface area contributed by atoms with Crippen LogP contribution in [0.25, 0.3) is 0 Å². The molecule has 5 nitrogen and oxygen atoms in total. The van der Waals surface area contributed by atoms with Crippen LogP contribution in [-0.4, -0.2) is 47.1 Å². The summed E-state index contributed by atoms with van der Waals surface area (Å²) in [4.78, 5) is 24.6. The molecule has 1 fully saturated rings. The second kappa shape index (κ2) is 8.15. The zero-order valence-electron chi connectivity index (χ0n) is 12.0. The number of hydrogen-bond donors (Lipinski definition) is 2. The highest BCUT2D eigenvalue weighted by atomic mass is 16.4. The number of amides is 1. The van der Waals surface area contributed by atoms with Crippen molar-refractivity contribution in [3.63, 3.8) is 0 Å². The van der Waals surface area contributed by atoms with Gasteiger partial charge in [0.05, 0.1) is 13.1 Å². The van der Waals surface area contributed by atoms with Gasteiger partial charge in [0.25, 0.3) is 0 Å². The summed E-state index contributed by atoms with van der Waals surface area (Å²) in [6, 6.07) is 0.413. The molecule has 0 aromatic heterocycles. The van der Waals surface area contributed by atoms with Crippen LogP contribution in [-0.2, 0) is 9.59 Å². The lowest BCUT2D eigenvalue weighted by molar-refractivity contribution is -0.139. The molecule has 1 saturated carbocycles. The van der Waals surface area contributed by atoms with E-state index in [0.29, 0.717) is 0 Å². The van der Waals surface area contributed by atoms with Crippen molar-refractivity contribution in [3.8, 4) is 0 Å². The summed E-state index contributed by atoms with van der Waals surface area (Å²) >= 11 is 0. The average Bonchev–Trinajstić information content (AvgIpc) is 2.80. The van der Waals surface area contributed by atoms with Crippen LogP contribution in [0.5, 0.6) is 0 Å². The molecule has 0 aliphatic heterocycles. The van der Waals surface area contributed by atoms with Gasteiger partial charge in [-0.2, -0.15) is 0 Å². The van der Waals surface area contributed by atoms with Crippen LogP contribution in [0.3, 0.4) is 0 Å². The van der Waals surface area contributed by atoms with Crippen molar-refractivity contribution in [2.45, 2.75) is 64.5 Å². The van der Waals surface area contributed by atoms with Crippen molar-refractivity contribution >= 4 is 11.9 Å². The molecule has 0 aromatic rings. The van der Waals surface area contributed by atoms with Gasteiger partial charge < -0.3 is 10.4 Å². The van der Waals surface area contributed by atoms with Gasteiger partial charge in [0.15, 0.2) is 0 Å². The second-order valence-electron chi connectivity index (χ2n) is 5.49. The monoisotopic (exact) mass is 270 g/mol. The molecule has 0 radical (unpaired) electrons. The Morgan fingerprint density at radius 1 is 1.32 bits per heavy atom. The largest absolute Gasteiger partial charge is 0.480 e. The van der Waals surface area contributed by atoms with Crippen LogP contribution < -0.4 is 5.32 Å². The molecular weight excluding hydrogens is 244 g/mol. The Morgan fingerprint density at radius 3 is 2.47 bits per heavy atom. The zero-order valence-corrected chi connectivity index (χ0v) is 12.0. The average molecular weight is 270 g/mol. The van der Waals surface area contributed by atoms with Crippen molar-refractivity contribution in [2.75, 3.05) is 13.1 Å². The standard InChI is InChI=1S/C14H26N2O3/c1-3-6-11(2)15-13(17)9-16(10-14(18)19)12-7-4-5-8-12/h11-12H,3-10H2,1-2H3,(H,15,17)(H,18,19). The number of nitrogens with one attached hydrogen (secondary N) is 1. The van der Waals surface area contributed by atoms with E-state index in [0.717, 1.165) is 38.5 Å². The molecule has 0 aromatic carbocycles. The fourth-order valence-electron chi connectivity index (χ4n) is 2.77. The Hall–Kier alpha value is -1.10. The lowest BCUT2D eigenvalue weighted by atomic mass is 10.2. The van der Waals surface area contributed by atoms with Gasteiger partial charge >= 0.3 is 5.97 Å². The van der Waals surface area contributed by atoms with E-state index >= 15 is 0 Å². The number of carbonyl (C=O) groups excluding carboxylic acids is 1. The quantitative estimate of drug-likeness (QED) is 0.703. The van der Waals surface area contributed by atoms with Gasteiger partial charge in [-0.25, -0.2) is 0 Å². The van der Waals surface area contributed by atoms with E-state index < -0.39 is 5.97 Å². The lowest BCUT2D eigenvalue weighted by Gasteiger charge is -2.27. The van der Waals surface area contributed by atoms with E-state index in [4.69, 9.17) is 5.11 Å². The highest BCUT2D eigenvalue weighted by Gasteiger charge is 2.26. The number of carboxylic acid groups (broad SMARTS) is 1. The molecule has 0 spiro atoms. The van der Waals surface area contributed by atoms with Gasteiger partial charge in [-0.05, 0) is 26.2 Å². The molecule has 1 rings (SSSR count). The maximum Gasteiger partial charge on any atom is 0.317 e. The first-order valence-electron chi connectivity index (χ1n) is 7.28. The van der Waals surface area contributed by atoms with E-state index in [1.54, 1.807) is 0 Å². The molecule has 0 bridgehead atoms. The molecule has 110 valence electrons. The molecule has 0 heterocycles. The minimum Gasteiger partial charge on any atom is -0.480 e. The van der Waals surface area contributed by atoms with Gasteiger partial charge in [0.2, 0.25) is 5.91 Å². The van der Waals surface area contributed by atoms with E-state index in [1.807, 2.05) is 11.8 Å². The Kier molecular flexibility index (Phi) is 6.84. The topological polar surface area (TPSA) is 69.6 Å². The number of carboxylic acids is 1. The normalized spacial score (nSPS) is 17.6. The summed E-state index contributed by atoms with van der Waals surface area (Å²) in [6.45, 7) is 4.22. The highest BCUT2D eigenvalue weighted by Crippen LogP contribution is 2.23. The fraction of sp³-hybridized carbons (Fsp3) is 0.857. The first kappa shape index (κ1) is 16.0. The molecule has 19 heavy (non-hydrogen) atoms. The van der Waals surface area contributed by atoms with Crippen molar-refractivity contribution in [3.05, 3.63) is 0 Å². The molecule has 5 heteroatoms. The van der Waals surface area contributed by atoms with Crippen molar-refractivity contribution < 1.29 is 14.7 Å². The van der Waals surface area contributed by atoms with Crippen molar-refractivity contribution in [1.29, 1.82) is 0 Å². The Balaban J connectivity index is 2.46. The van der Waals surface area contributed by atoms with Crippen molar-refractivity contribution in [2.24, 2.45) is 0 Å². The highest BCUT2D eigenvalue weighted by molar-refractivity contribution is 5.79. The maximum absolute atomic E-state index is 11.9. The molecule has 1 aliphatic rings. The summed E-state index contributed by atoms with van der Waals surface area (Å²) in [7, 11) is 0. The van der Waals surface area contributed by atoms with Gasteiger partial charge in [-0.1, -0.05) is 26.2 Å². The fourth-order valence-corrected chi connectivity index (χ4v) is 2.77. The molecule has 0 saturated heterocycles. The van der Waals surface area contributed by atoms with Crippen molar-refractivity contribution in [1.82, 2.24) is 10.2 Å². The van der Waals surface area contributed by atoms with E-state index in [9.17, 15) is 9.59 Å². The summed E-state index contributed by atoms with van der Waals surface area (Å²) in [6.07, 6.45) is 6.26. The summed E-state index contributed by atoms with van der Waals surface area (Å²) in [5.41, 5.74) is 0. The second-order valence-corrected chi connectivity index (χ2v) is 5.49. The molecule has 1 aliphatic carbocycles. The Bertz CT molecular complexity index is 301. The van der Waals surface area contributed by atoms with Gasteiger partial charge in [-0.3, -0.25) is 14.5 Å².